The molecule has 158 valence electrons. The Morgan fingerprint density at radius 1 is 0.929 bits per heavy atom. The predicted octanol–water partition coefficient (Wildman–Crippen LogP) is 2.01. The number of likely N-dealkylation sites (tertiary alicyclic amines) is 1. The van der Waals surface area contributed by atoms with Gasteiger partial charge in [-0.05, 0) is 26.5 Å². The summed E-state index contributed by atoms with van der Waals surface area (Å²) in [5, 5.41) is 0. The molecule has 0 spiro atoms. The van der Waals surface area contributed by atoms with Crippen LogP contribution in [0.5, 0.6) is 0 Å². The summed E-state index contributed by atoms with van der Waals surface area (Å²) in [6.07, 6.45) is 3.28. The summed E-state index contributed by atoms with van der Waals surface area (Å²) < 4.78 is 20.0. The minimum absolute atomic E-state index is 0.182. The molecular weight excluding hydrogens is 366 g/mol. The summed E-state index contributed by atoms with van der Waals surface area (Å²) in [7, 11) is 0. The van der Waals surface area contributed by atoms with Gasteiger partial charge >= 0.3 is 11.9 Å². The van der Waals surface area contributed by atoms with Crippen molar-refractivity contribution in [2.45, 2.75) is 26.7 Å². The van der Waals surface area contributed by atoms with E-state index in [1.54, 1.807) is 24.9 Å². The van der Waals surface area contributed by atoms with E-state index in [0.29, 0.717) is 44.0 Å². The smallest absolute Gasteiger partial charge is 0.333 e. The number of nitrogens with zero attached hydrogens (tertiary/aromatic N) is 1. The Bertz CT molecular complexity index is 523. The molecule has 0 unspecified atom stereocenters. The molecule has 1 amide bonds. The average Bonchev–Trinajstić information content (AvgIpc) is 3.08. The van der Waals surface area contributed by atoms with Crippen LogP contribution in [0.25, 0.3) is 0 Å². The third-order valence-corrected chi connectivity index (χ3v) is 3.32. The molecule has 1 fully saturated rings. The minimum atomic E-state index is -0.427. The van der Waals surface area contributed by atoms with Crippen molar-refractivity contribution < 1.29 is 33.3 Å². The molecule has 0 aromatic heterocycles. The number of carbonyl (C=O) groups excluding carboxylic acids is 3. The number of hydrogen-bond donors (Lipinski definition) is 0. The van der Waals surface area contributed by atoms with Gasteiger partial charge in [0.1, 0.15) is 13.2 Å². The molecule has 0 atom stereocenters. The zero-order valence-corrected chi connectivity index (χ0v) is 16.9. The van der Waals surface area contributed by atoms with Gasteiger partial charge in [-0.3, -0.25) is 4.79 Å². The number of rotatable bonds is 12. The Labute approximate surface area is 166 Å². The SMILES string of the molecule is C=C(C)C(=O)OCCOCCOCCOC(=O)C(=C)C.C=CN1CCCC1=O. The standard InChI is InChI=1S/C14H22O6.C6H9NO/c1-11(2)13(15)19-9-7-17-5-6-18-8-10-20-14(16)12(3)4;1-2-7-5-3-4-6(7)8/h1,3,5-10H2,2,4H3;2H,1,3-5H2. The first-order valence-corrected chi connectivity index (χ1v) is 9.02. The van der Waals surface area contributed by atoms with E-state index in [9.17, 15) is 14.4 Å². The first-order chi connectivity index (χ1) is 13.3. The second-order valence-electron chi connectivity index (χ2n) is 5.93. The number of ether oxygens (including phenoxy) is 4. The maximum absolute atomic E-state index is 11.0. The number of hydrogen-bond acceptors (Lipinski definition) is 7. The van der Waals surface area contributed by atoms with Gasteiger partial charge in [0.2, 0.25) is 5.91 Å². The third-order valence-electron chi connectivity index (χ3n) is 3.32. The van der Waals surface area contributed by atoms with Gasteiger partial charge in [0.15, 0.2) is 0 Å². The molecule has 0 saturated carbocycles. The summed E-state index contributed by atoms with van der Waals surface area (Å²) in [6.45, 7) is 16.2. The maximum atomic E-state index is 11.0. The highest BCUT2D eigenvalue weighted by atomic mass is 16.6. The van der Waals surface area contributed by atoms with E-state index in [-0.39, 0.29) is 19.1 Å². The van der Waals surface area contributed by atoms with Crippen molar-refractivity contribution in [1.29, 1.82) is 0 Å². The number of esters is 2. The van der Waals surface area contributed by atoms with E-state index in [1.165, 1.54) is 0 Å². The van der Waals surface area contributed by atoms with Crippen molar-refractivity contribution in [3.63, 3.8) is 0 Å². The van der Waals surface area contributed by atoms with E-state index >= 15 is 0 Å². The number of carbonyl (C=O) groups is 3. The van der Waals surface area contributed by atoms with Crippen LogP contribution in [0.3, 0.4) is 0 Å². The summed E-state index contributed by atoms with van der Waals surface area (Å²) in [5.74, 6) is -0.645. The van der Waals surface area contributed by atoms with Crippen molar-refractivity contribution in [3.05, 3.63) is 37.1 Å². The summed E-state index contributed by atoms with van der Waals surface area (Å²) in [4.78, 5) is 34.3. The summed E-state index contributed by atoms with van der Waals surface area (Å²) >= 11 is 0. The lowest BCUT2D eigenvalue weighted by molar-refractivity contribution is -0.142. The van der Waals surface area contributed by atoms with Crippen LogP contribution in [-0.2, 0) is 33.3 Å². The van der Waals surface area contributed by atoms with Gasteiger partial charge in [0.05, 0.1) is 26.4 Å². The average molecular weight is 397 g/mol. The normalized spacial score (nSPS) is 12.6. The van der Waals surface area contributed by atoms with Crippen molar-refractivity contribution in [1.82, 2.24) is 4.90 Å². The van der Waals surface area contributed by atoms with Crippen LogP contribution in [0.15, 0.2) is 37.1 Å². The zero-order chi connectivity index (χ0) is 21.4. The summed E-state index contributed by atoms with van der Waals surface area (Å²) in [5.41, 5.74) is 0.718. The van der Waals surface area contributed by atoms with E-state index in [0.717, 1.165) is 13.0 Å². The van der Waals surface area contributed by atoms with Crippen molar-refractivity contribution in [2.24, 2.45) is 0 Å². The van der Waals surface area contributed by atoms with Gasteiger partial charge in [0, 0.05) is 24.1 Å². The fourth-order valence-corrected chi connectivity index (χ4v) is 1.82. The zero-order valence-electron chi connectivity index (χ0n) is 16.9. The minimum Gasteiger partial charge on any atom is -0.460 e. The monoisotopic (exact) mass is 397 g/mol. The largest absolute Gasteiger partial charge is 0.460 e. The Balaban J connectivity index is 0.000000749. The molecule has 1 rings (SSSR count). The van der Waals surface area contributed by atoms with Gasteiger partial charge in [-0.2, -0.15) is 0 Å². The van der Waals surface area contributed by atoms with E-state index in [1.807, 2.05) is 0 Å². The van der Waals surface area contributed by atoms with E-state index in [4.69, 9.17) is 18.9 Å². The van der Waals surface area contributed by atoms with E-state index in [2.05, 4.69) is 19.7 Å². The highest BCUT2D eigenvalue weighted by molar-refractivity contribution is 5.87. The van der Waals surface area contributed by atoms with Crippen LogP contribution in [0.2, 0.25) is 0 Å². The lowest BCUT2D eigenvalue weighted by Gasteiger charge is -2.07. The number of amides is 1. The highest BCUT2D eigenvalue weighted by Crippen LogP contribution is 2.08. The van der Waals surface area contributed by atoms with Crippen LogP contribution in [0, 0.1) is 0 Å². The topological polar surface area (TPSA) is 91.4 Å². The first kappa shape index (κ1) is 25.6. The highest BCUT2D eigenvalue weighted by Gasteiger charge is 2.16. The van der Waals surface area contributed by atoms with Crippen molar-refractivity contribution in [2.75, 3.05) is 46.2 Å². The van der Waals surface area contributed by atoms with Crippen LogP contribution >= 0.6 is 0 Å². The van der Waals surface area contributed by atoms with Crippen LogP contribution in [0.4, 0.5) is 0 Å². The van der Waals surface area contributed by atoms with Gasteiger partial charge in [-0.1, -0.05) is 19.7 Å². The Morgan fingerprint density at radius 3 is 1.64 bits per heavy atom. The Hall–Kier alpha value is -2.45. The second-order valence-corrected chi connectivity index (χ2v) is 5.93. The quantitative estimate of drug-likeness (QED) is 0.283. The van der Waals surface area contributed by atoms with Gasteiger partial charge in [-0.25, -0.2) is 9.59 Å². The lowest BCUT2D eigenvalue weighted by Crippen LogP contribution is -2.16. The van der Waals surface area contributed by atoms with Crippen molar-refractivity contribution in [3.8, 4) is 0 Å². The molecule has 1 aliphatic heterocycles. The molecule has 1 aliphatic rings. The van der Waals surface area contributed by atoms with E-state index < -0.39 is 11.9 Å². The molecule has 0 aromatic rings. The molecule has 0 aromatic carbocycles. The maximum Gasteiger partial charge on any atom is 0.333 e. The van der Waals surface area contributed by atoms with Gasteiger partial charge < -0.3 is 23.8 Å². The lowest BCUT2D eigenvalue weighted by atomic mass is 10.4. The van der Waals surface area contributed by atoms with Gasteiger partial charge in [0.25, 0.3) is 0 Å². The molecule has 8 nitrogen and oxygen atoms in total. The first-order valence-electron chi connectivity index (χ1n) is 9.02. The predicted molar refractivity (Wildman–Crippen MR) is 104 cm³/mol. The molecule has 0 bridgehead atoms. The fourth-order valence-electron chi connectivity index (χ4n) is 1.82. The Kier molecular flexibility index (Phi) is 14.2. The van der Waals surface area contributed by atoms with Crippen LogP contribution in [0.1, 0.15) is 26.7 Å². The Morgan fingerprint density at radius 2 is 1.36 bits per heavy atom. The summed E-state index contributed by atoms with van der Waals surface area (Å²) in [6, 6.07) is 0. The molecule has 1 heterocycles. The fraction of sp³-hybridized carbons (Fsp3) is 0.550. The molecule has 28 heavy (non-hydrogen) atoms. The van der Waals surface area contributed by atoms with Gasteiger partial charge in [-0.15, -0.1) is 0 Å². The molecule has 8 heteroatoms. The molecular formula is C20H31NO7. The molecule has 0 aliphatic carbocycles. The third kappa shape index (κ3) is 12.8. The molecule has 1 saturated heterocycles. The molecule has 0 radical (unpaired) electrons. The second kappa shape index (κ2) is 15.6. The van der Waals surface area contributed by atoms with Crippen LogP contribution < -0.4 is 0 Å². The van der Waals surface area contributed by atoms with Crippen molar-refractivity contribution >= 4 is 17.8 Å². The molecule has 0 N–H and O–H groups in total. The van der Waals surface area contributed by atoms with Crippen LogP contribution in [-0.4, -0.2) is 68.9 Å².